The van der Waals surface area contributed by atoms with Crippen molar-refractivity contribution in [1.29, 1.82) is 0 Å². The summed E-state index contributed by atoms with van der Waals surface area (Å²) < 4.78 is 61.7. The van der Waals surface area contributed by atoms with Gasteiger partial charge in [0.25, 0.3) is 20.2 Å². The molecule has 2 N–H and O–H groups in total. The summed E-state index contributed by atoms with van der Waals surface area (Å²) >= 11 is 0. The van der Waals surface area contributed by atoms with E-state index in [0.29, 0.717) is 10.9 Å². The van der Waals surface area contributed by atoms with Gasteiger partial charge in [-0.15, -0.1) is 0 Å². The van der Waals surface area contributed by atoms with E-state index in [-0.39, 0.29) is 15.7 Å². The van der Waals surface area contributed by atoms with Gasteiger partial charge in [-0.25, -0.2) is 0 Å². The molecular formula is C19H20O6S2. The third kappa shape index (κ3) is 5.36. The van der Waals surface area contributed by atoms with Crippen LogP contribution in [0, 0.1) is 0 Å². The summed E-state index contributed by atoms with van der Waals surface area (Å²) in [6, 6.07) is 18.3. The lowest BCUT2D eigenvalue weighted by atomic mass is 10.0. The second-order valence-electron chi connectivity index (χ2n) is 6.12. The van der Waals surface area contributed by atoms with Crippen molar-refractivity contribution in [2.24, 2.45) is 0 Å². The van der Waals surface area contributed by atoms with E-state index in [4.69, 9.17) is 9.11 Å². The number of hydrogen-bond acceptors (Lipinski definition) is 4. The smallest absolute Gasteiger partial charge is 0.282 e. The van der Waals surface area contributed by atoms with E-state index in [1.54, 1.807) is 48.5 Å². The Bertz CT molecular complexity index is 1140. The first-order valence-electron chi connectivity index (χ1n) is 8.03. The summed E-state index contributed by atoms with van der Waals surface area (Å²) in [5, 5.41) is 1.33. The normalized spacial score (nSPS) is 11.9. The van der Waals surface area contributed by atoms with Gasteiger partial charge in [-0.05, 0) is 29.0 Å². The van der Waals surface area contributed by atoms with Crippen molar-refractivity contribution >= 4 is 31.0 Å². The Balaban J connectivity index is 0.000000194. The van der Waals surface area contributed by atoms with Crippen molar-refractivity contribution in [3.8, 4) is 0 Å². The third-order valence-electron chi connectivity index (χ3n) is 3.85. The molecule has 0 radical (unpaired) electrons. The Morgan fingerprint density at radius 2 is 1.15 bits per heavy atom. The molecule has 6 nitrogen and oxygen atoms in total. The minimum absolute atomic E-state index is 0.00463. The number of benzene rings is 3. The summed E-state index contributed by atoms with van der Waals surface area (Å²) in [5.74, 6) is 0.0816. The van der Waals surface area contributed by atoms with E-state index < -0.39 is 20.2 Å². The highest BCUT2D eigenvalue weighted by Gasteiger charge is 2.16. The van der Waals surface area contributed by atoms with Gasteiger partial charge in [0.1, 0.15) is 4.90 Å². The Morgan fingerprint density at radius 3 is 1.70 bits per heavy atom. The molecule has 3 rings (SSSR count). The van der Waals surface area contributed by atoms with Gasteiger partial charge < -0.3 is 0 Å². The predicted molar refractivity (Wildman–Crippen MR) is 104 cm³/mol. The molecule has 0 bridgehead atoms. The van der Waals surface area contributed by atoms with Crippen molar-refractivity contribution in [1.82, 2.24) is 0 Å². The van der Waals surface area contributed by atoms with E-state index in [0.717, 1.165) is 5.39 Å². The molecule has 3 aromatic rings. The highest BCUT2D eigenvalue weighted by molar-refractivity contribution is 7.86. The summed E-state index contributed by atoms with van der Waals surface area (Å²) in [6.45, 7) is 3.76. The fourth-order valence-electron chi connectivity index (χ4n) is 2.61. The topological polar surface area (TPSA) is 109 Å². The molecule has 0 atom stereocenters. The molecule has 0 aliphatic rings. The third-order valence-corrected chi connectivity index (χ3v) is 5.69. The fourth-order valence-corrected chi connectivity index (χ4v) is 4.18. The molecule has 0 aromatic heterocycles. The van der Waals surface area contributed by atoms with Crippen LogP contribution in [0.4, 0.5) is 0 Å². The van der Waals surface area contributed by atoms with Crippen LogP contribution in [0.15, 0.2) is 76.5 Å². The molecule has 0 unspecified atom stereocenters. The molecule has 8 heteroatoms. The molecule has 0 saturated heterocycles. The number of fused-ring (bicyclic) bond motifs is 1. The summed E-state index contributed by atoms with van der Waals surface area (Å²) in [5.41, 5.74) is 0.644. The second kappa shape index (κ2) is 8.18. The van der Waals surface area contributed by atoms with Crippen molar-refractivity contribution < 1.29 is 25.9 Å². The van der Waals surface area contributed by atoms with Crippen LogP contribution in [0.3, 0.4) is 0 Å². The molecule has 0 heterocycles. The van der Waals surface area contributed by atoms with Crippen molar-refractivity contribution in [3.63, 3.8) is 0 Å². The molecule has 0 amide bonds. The van der Waals surface area contributed by atoms with Crippen molar-refractivity contribution in [2.45, 2.75) is 29.6 Å². The quantitative estimate of drug-likeness (QED) is 0.630. The molecular weight excluding hydrogens is 388 g/mol. The van der Waals surface area contributed by atoms with E-state index in [1.165, 1.54) is 12.1 Å². The zero-order chi connectivity index (χ0) is 20.2. The van der Waals surface area contributed by atoms with E-state index in [9.17, 15) is 16.8 Å². The molecule has 0 saturated carbocycles. The minimum Gasteiger partial charge on any atom is -0.282 e. The summed E-state index contributed by atoms with van der Waals surface area (Å²) in [4.78, 5) is -0.0411. The maximum absolute atomic E-state index is 11.0. The Labute approximate surface area is 159 Å². The van der Waals surface area contributed by atoms with Crippen LogP contribution in [0.5, 0.6) is 0 Å². The highest BCUT2D eigenvalue weighted by Crippen LogP contribution is 2.23. The first-order chi connectivity index (χ1) is 12.5. The molecule has 144 valence electrons. The molecule has 0 aliphatic carbocycles. The van der Waals surface area contributed by atoms with Gasteiger partial charge >= 0.3 is 0 Å². The highest BCUT2D eigenvalue weighted by atomic mass is 32.2. The Kier molecular flexibility index (Phi) is 6.38. The maximum Gasteiger partial charge on any atom is 0.295 e. The Hall–Kier alpha value is -2.26. The minimum atomic E-state index is -4.13. The van der Waals surface area contributed by atoms with Crippen LogP contribution < -0.4 is 0 Å². The summed E-state index contributed by atoms with van der Waals surface area (Å²) in [6.07, 6.45) is 0. The molecule has 0 fully saturated rings. The van der Waals surface area contributed by atoms with Crippen LogP contribution in [-0.2, 0) is 20.2 Å². The maximum atomic E-state index is 11.0. The zero-order valence-electron chi connectivity index (χ0n) is 14.8. The van der Waals surface area contributed by atoms with Crippen molar-refractivity contribution in [3.05, 3.63) is 72.3 Å². The standard InChI is InChI=1S/C10H8O3S.C9H12O3S/c11-14(12,13)10-7-3-5-8-4-1-2-6-9(8)10;1-7(2)8-5-3-4-6-9(8)13(10,11)12/h1-7H,(H,11,12,13);3-7H,1-2H3,(H,10,11,12). The van der Waals surface area contributed by atoms with Crippen LogP contribution in [-0.4, -0.2) is 25.9 Å². The van der Waals surface area contributed by atoms with E-state index in [2.05, 4.69) is 0 Å². The first kappa shape index (κ1) is 21.0. The van der Waals surface area contributed by atoms with Crippen LogP contribution in [0.1, 0.15) is 25.3 Å². The second-order valence-corrected chi connectivity index (χ2v) is 8.90. The largest absolute Gasteiger partial charge is 0.295 e. The lowest BCUT2D eigenvalue weighted by Crippen LogP contribution is -2.03. The lowest BCUT2D eigenvalue weighted by molar-refractivity contribution is 0.480. The van der Waals surface area contributed by atoms with Gasteiger partial charge in [-0.2, -0.15) is 16.8 Å². The molecule has 27 heavy (non-hydrogen) atoms. The van der Waals surface area contributed by atoms with Crippen molar-refractivity contribution in [2.75, 3.05) is 0 Å². The van der Waals surface area contributed by atoms with Crippen LogP contribution in [0.2, 0.25) is 0 Å². The van der Waals surface area contributed by atoms with E-state index in [1.807, 2.05) is 19.9 Å². The molecule has 3 aromatic carbocycles. The Morgan fingerprint density at radius 1 is 0.667 bits per heavy atom. The van der Waals surface area contributed by atoms with Gasteiger partial charge in [-0.1, -0.05) is 68.4 Å². The van der Waals surface area contributed by atoms with Crippen LogP contribution >= 0.6 is 0 Å². The average Bonchev–Trinajstić information content (AvgIpc) is 2.60. The van der Waals surface area contributed by atoms with Crippen LogP contribution in [0.25, 0.3) is 10.8 Å². The lowest BCUT2D eigenvalue weighted by Gasteiger charge is -2.09. The number of hydrogen-bond donors (Lipinski definition) is 2. The number of rotatable bonds is 3. The van der Waals surface area contributed by atoms with Gasteiger partial charge in [0, 0.05) is 5.39 Å². The van der Waals surface area contributed by atoms with Gasteiger partial charge in [0.2, 0.25) is 0 Å². The van der Waals surface area contributed by atoms with E-state index >= 15 is 0 Å². The first-order valence-corrected chi connectivity index (χ1v) is 10.9. The predicted octanol–water partition coefficient (Wildman–Crippen LogP) is 4.14. The zero-order valence-corrected chi connectivity index (χ0v) is 16.4. The SMILES string of the molecule is CC(C)c1ccccc1S(=O)(=O)O.O=S(=O)(O)c1cccc2ccccc12. The molecule has 0 spiro atoms. The summed E-state index contributed by atoms with van der Waals surface area (Å²) in [7, 11) is -8.21. The fraction of sp³-hybridized carbons (Fsp3) is 0.158. The monoisotopic (exact) mass is 408 g/mol. The van der Waals surface area contributed by atoms with Gasteiger partial charge in [0.15, 0.2) is 0 Å². The average molecular weight is 408 g/mol. The van der Waals surface area contributed by atoms with Gasteiger partial charge in [-0.3, -0.25) is 9.11 Å². The molecule has 0 aliphatic heterocycles. The van der Waals surface area contributed by atoms with Gasteiger partial charge in [0.05, 0.1) is 4.90 Å².